The highest BCUT2D eigenvalue weighted by Crippen LogP contribution is 2.29. The van der Waals surface area contributed by atoms with Crippen molar-refractivity contribution in [2.75, 3.05) is 4.90 Å². The molecule has 2 heterocycles. The van der Waals surface area contributed by atoms with Crippen LogP contribution in [-0.2, 0) is 20.1 Å². The van der Waals surface area contributed by atoms with Crippen molar-refractivity contribution in [3.8, 4) is 0 Å². The predicted molar refractivity (Wildman–Crippen MR) is 116 cm³/mol. The summed E-state index contributed by atoms with van der Waals surface area (Å²) in [5.74, 6) is 0.892. The number of hydrogen-bond acceptors (Lipinski definition) is 3. The lowest BCUT2D eigenvalue weighted by Crippen LogP contribution is -2.24. The molecular formula is C24H24N4. The lowest BCUT2D eigenvalue weighted by molar-refractivity contribution is 0.786. The van der Waals surface area contributed by atoms with Crippen LogP contribution in [0.2, 0.25) is 0 Å². The molecular weight excluding hydrogens is 344 g/mol. The van der Waals surface area contributed by atoms with Gasteiger partial charge in [0.15, 0.2) is 5.82 Å². The summed E-state index contributed by atoms with van der Waals surface area (Å²) in [7, 11) is 2.01. The van der Waals surface area contributed by atoms with Crippen LogP contribution >= 0.6 is 0 Å². The summed E-state index contributed by atoms with van der Waals surface area (Å²) in [4.78, 5) is 11.9. The summed E-state index contributed by atoms with van der Waals surface area (Å²) in [6.07, 6.45) is 1.85. The molecule has 4 rings (SSSR count). The maximum Gasteiger partial charge on any atom is 0.158 e. The lowest BCUT2D eigenvalue weighted by atomic mass is 10.1. The van der Waals surface area contributed by atoms with Crippen LogP contribution in [0.5, 0.6) is 0 Å². The van der Waals surface area contributed by atoms with Gasteiger partial charge in [-0.1, -0.05) is 67.2 Å². The largest absolute Gasteiger partial charge is 0.346 e. The Labute approximate surface area is 165 Å². The van der Waals surface area contributed by atoms with E-state index in [1.54, 1.807) is 0 Å². The Hall–Kier alpha value is -3.40. The van der Waals surface area contributed by atoms with E-state index in [2.05, 4.69) is 71.1 Å². The first-order chi connectivity index (χ1) is 13.6. The van der Waals surface area contributed by atoms with Crippen molar-refractivity contribution in [3.05, 3.63) is 96.5 Å². The molecule has 0 saturated carbocycles. The number of allylic oxidation sites excluding steroid dienone is 1. The van der Waals surface area contributed by atoms with E-state index in [9.17, 15) is 0 Å². The molecule has 0 N–H and O–H groups in total. The zero-order valence-electron chi connectivity index (χ0n) is 16.3. The maximum atomic E-state index is 4.96. The maximum absolute atomic E-state index is 4.96. The number of fused-ring (bicyclic) bond motifs is 1. The zero-order valence-corrected chi connectivity index (χ0v) is 16.3. The second-order valence-electron chi connectivity index (χ2n) is 7.16. The fourth-order valence-electron chi connectivity index (χ4n) is 3.36. The van der Waals surface area contributed by atoms with Gasteiger partial charge in [0, 0.05) is 20.1 Å². The average Bonchev–Trinajstić information content (AvgIpc) is 3.09. The molecule has 140 valence electrons. The first-order valence-corrected chi connectivity index (χ1v) is 9.42. The standard InChI is InChI=1S/C24H24N4/c1-18(2)21-14-22-23(25-17-27(22)3)24(26-21)28(15-19-10-6-4-7-11-19)16-20-12-8-5-9-13-20/h4-14,17H,1,15-16H2,2-3H3. The molecule has 4 heteroatoms. The topological polar surface area (TPSA) is 34.0 Å². The van der Waals surface area contributed by atoms with Crippen molar-refractivity contribution in [2.45, 2.75) is 20.0 Å². The molecule has 0 aliphatic rings. The van der Waals surface area contributed by atoms with E-state index >= 15 is 0 Å². The molecule has 0 aliphatic heterocycles. The lowest BCUT2D eigenvalue weighted by Gasteiger charge is -2.25. The van der Waals surface area contributed by atoms with Gasteiger partial charge in [-0.2, -0.15) is 0 Å². The predicted octanol–water partition coefficient (Wildman–Crippen LogP) is 5.21. The summed E-state index contributed by atoms with van der Waals surface area (Å²) in [5.41, 5.74) is 6.31. The Morgan fingerprint density at radius 2 is 1.54 bits per heavy atom. The van der Waals surface area contributed by atoms with Crippen molar-refractivity contribution in [1.29, 1.82) is 0 Å². The first-order valence-electron chi connectivity index (χ1n) is 9.42. The van der Waals surface area contributed by atoms with Crippen LogP contribution in [0.3, 0.4) is 0 Å². The average molecular weight is 368 g/mol. The molecule has 0 unspecified atom stereocenters. The van der Waals surface area contributed by atoms with Gasteiger partial charge in [0.2, 0.25) is 0 Å². The van der Waals surface area contributed by atoms with Crippen LogP contribution in [0, 0.1) is 0 Å². The van der Waals surface area contributed by atoms with Crippen molar-refractivity contribution >= 4 is 22.4 Å². The number of nitrogens with zero attached hydrogens (tertiary/aromatic N) is 4. The highest BCUT2D eigenvalue weighted by molar-refractivity contribution is 5.89. The number of anilines is 1. The molecule has 2 aromatic heterocycles. The van der Waals surface area contributed by atoms with Crippen molar-refractivity contribution in [1.82, 2.24) is 14.5 Å². The minimum absolute atomic E-state index is 0.758. The molecule has 4 nitrogen and oxygen atoms in total. The number of aromatic nitrogens is 3. The van der Waals surface area contributed by atoms with Gasteiger partial charge in [-0.3, -0.25) is 0 Å². The van der Waals surface area contributed by atoms with Gasteiger partial charge in [0.25, 0.3) is 0 Å². The van der Waals surface area contributed by atoms with Gasteiger partial charge < -0.3 is 9.47 Å². The number of benzene rings is 2. The quantitative estimate of drug-likeness (QED) is 0.469. The van der Waals surface area contributed by atoms with E-state index < -0.39 is 0 Å². The van der Waals surface area contributed by atoms with Gasteiger partial charge in [-0.15, -0.1) is 0 Å². The molecule has 0 radical (unpaired) electrons. The fraction of sp³-hybridized carbons (Fsp3) is 0.167. The van der Waals surface area contributed by atoms with E-state index in [-0.39, 0.29) is 0 Å². The minimum atomic E-state index is 0.758. The summed E-state index contributed by atoms with van der Waals surface area (Å²) in [6.45, 7) is 7.61. The molecule has 0 saturated heterocycles. The Balaban J connectivity index is 1.84. The van der Waals surface area contributed by atoms with Crippen molar-refractivity contribution in [3.63, 3.8) is 0 Å². The number of imidazole rings is 1. The molecule has 0 bridgehead atoms. The number of pyridine rings is 1. The molecule has 0 atom stereocenters. The summed E-state index contributed by atoms with van der Waals surface area (Å²) < 4.78 is 2.04. The second-order valence-corrected chi connectivity index (χ2v) is 7.16. The van der Waals surface area contributed by atoms with Crippen LogP contribution in [0.25, 0.3) is 16.6 Å². The highest BCUT2D eigenvalue weighted by atomic mass is 15.2. The van der Waals surface area contributed by atoms with Crippen molar-refractivity contribution < 1.29 is 0 Å². The second kappa shape index (κ2) is 7.69. The van der Waals surface area contributed by atoms with E-state index in [1.807, 2.05) is 37.0 Å². The smallest absolute Gasteiger partial charge is 0.158 e. The van der Waals surface area contributed by atoms with Crippen LogP contribution in [0.15, 0.2) is 79.6 Å². The summed E-state index contributed by atoms with van der Waals surface area (Å²) in [6, 6.07) is 23.0. The minimum Gasteiger partial charge on any atom is -0.346 e. The number of hydrogen-bond donors (Lipinski definition) is 0. The van der Waals surface area contributed by atoms with E-state index in [1.165, 1.54) is 11.1 Å². The monoisotopic (exact) mass is 368 g/mol. The van der Waals surface area contributed by atoms with E-state index in [0.717, 1.165) is 41.2 Å². The summed E-state index contributed by atoms with van der Waals surface area (Å²) >= 11 is 0. The zero-order chi connectivity index (χ0) is 19.5. The molecule has 0 amide bonds. The third-order valence-electron chi connectivity index (χ3n) is 4.86. The third-order valence-corrected chi connectivity index (χ3v) is 4.86. The van der Waals surface area contributed by atoms with Gasteiger partial charge in [0.1, 0.15) is 5.52 Å². The fourth-order valence-corrected chi connectivity index (χ4v) is 3.36. The van der Waals surface area contributed by atoms with Gasteiger partial charge in [-0.05, 0) is 29.7 Å². The molecule has 4 aromatic rings. The van der Waals surface area contributed by atoms with Gasteiger partial charge in [-0.25, -0.2) is 9.97 Å². The molecule has 28 heavy (non-hydrogen) atoms. The number of aryl methyl sites for hydroxylation is 1. The molecule has 0 aliphatic carbocycles. The van der Waals surface area contributed by atoms with E-state index in [4.69, 9.17) is 4.98 Å². The highest BCUT2D eigenvalue weighted by Gasteiger charge is 2.18. The van der Waals surface area contributed by atoms with E-state index in [0.29, 0.717) is 0 Å². The Morgan fingerprint density at radius 1 is 0.964 bits per heavy atom. The number of rotatable bonds is 6. The van der Waals surface area contributed by atoms with Crippen LogP contribution in [0.1, 0.15) is 23.7 Å². The van der Waals surface area contributed by atoms with Crippen LogP contribution in [0.4, 0.5) is 5.82 Å². The Bertz CT molecular complexity index is 1060. The third kappa shape index (κ3) is 3.67. The molecule has 0 fully saturated rings. The van der Waals surface area contributed by atoms with Crippen LogP contribution < -0.4 is 4.90 Å². The Kier molecular flexibility index (Phi) is 4.94. The SMILES string of the molecule is C=C(C)c1cc2c(ncn2C)c(N(Cc2ccccc2)Cc2ccccc2)n1. The normalized spacial score (nSPS) is 10.9. The Morgan fingerprint density at radius 3 is 2.07 bits per heavy atom. The van der Waals surface area contributed by atoms with Gasteiger partial charge in [0.05, 0.1) is 17.5 Å². The molecule has 2 aromatic carbocycles. The summed E-state index contributed by atoms with van der Waals surface area (Å²) in [5, 5.41) is 0. The first kappa shape index (κ1) is 18.0. The van der Waals surface area contributed by atoms with Crippen LogP contribution in [-0.4, -0.2) is 14.5 Å². The van der Waals surface area contributed by atoms with Gasteiger partial charge >= 0.3 is 0 Å². The van der Waals surface area contributed by atoms with Crippen molar-refractivity contribution in [2.24, 2.45) is 7.05 Å². The molecule has 0 spiro atoms.